The van der Waals surface area contributed by atoms with Crippen molar-refractivity contribution in [2.45, 2.75) is 74.1 Å². The van der Waals surface area contributed by atoms with Gasteiger partial charge in [-0.2, -0.15) is 0 Å². The summed E-state index contributed by atoms with van der Waals surface area (Å²) in [5.41, 5.74) is 23.5. The Morgan fingerprint density at radius 2 is 1.73 bits per heavy atom. The van der Waals surface area contributed by atoms with Gasteiger partial charge in [0.05, 0.1) is 30.9 Å². The van der Waals surface area contributed by atoms with Crippen LogP contribution in [0, 0.1) is 0 Å². The molecule has 0 aromatic heterocycles. The van der Waals surface area contributed by atoms with Gasteiger partial charge in [0.25, 0.3) is 0 Å². The van der Waals surface area contributed by atoms with Gasteiger partial charge in [-0.15, -0.1) is 0 Å². The molecule has 0 aromatic rings. The van der Waals surface area contributed by atoms with Gasteiger partial charge in [-0.3, -0.25) is 0 Å². The molecule has 130 valence electrons. The molecule has 1 unspecified atom stereocenters. The predicted molar refractivity (Wildman–Crippen MR) is 78.4 cm³/mol. The number of aliphatic hydroxyl groups excluding tert-OH is 3. The lowest BCUT2D eigenvalue weighted by atomic mass is 9.84. The third-order valence-corrected chi connectivity index (χ3v) is 4.51. The predicted octanol–water partition coefficient (Wildman–Crippen LogP) is -3.70. The summed E-state index contributed by atoms with van der Waals surface area (Å²) in [5, 5.41) is 29.1. The first-order valence-electron chi connectivity index (χ1n) is 7.65. The quantitative estimate of drug-likeness (QED) is 0.274. The fourth-order valence-electron chi connectivity index (χ4n) is 3.02. The Hall–Kier alpha value is -0.360. The van der Waals surface area contributed by atoms with E-state index in [9.17, 15) is 10.2 Å². The van der Waals surface area contributed by atoms with E-state index in [2.05, 4.69) is 0 Å². The Morgan fingerprint density at radius 1 is 1.05 bits per heavy atom. The molecule has 1 aliphatic carbocycles. The van der Waals surface area contributed by atoms with Crippen molar-refractivity contribution in [3.8, 4) is 0 Å². The Morgan fingerprint density at radius 3 is 2.36 bits per heavy atom. The van der Waals surface area contributed by atoms with Crippen molar-refractivity contribution >= 4 is 0 Å². The fourth-order valence-corrected chi connectivity index (χ4v) is 3.02. The number of ether oxygens (including phenoxy) is 2. The number of hydrogen-bond donors (Lipinski definition) is 7. The van der Waals surface area contributed by atoms with E-state index < -0.39 is 48.8 Å². The van der Waals surface area contributed by atoms with Crippen LogP contribution in [-0.4, -0.2) is 76.8 Å². The Labute approximate surface area is 129 Å². The van der Waals surface area contributed by atoms with E-state index in [4.69, 9.17) is 37.5 Å². The molecule has 1 heterocycles. The van der Waals surface area contributed by atoms with Gasteiger partial charge >= 0.3 is 0 Å². The van der Waals surface area contributed by atoms with E-state index in [-0.39, 0.29) is 12.7 Å². The van der Waals surface area contributed by atoms with Gasteiger partial charge in [0.15, 0.2) is 6.29 Å². The summed E-state index contributed by atoms with van der Waals surface area (Å²) >= 11 is 0. The van der Waals surface area contributed by atoms with E-state index in [1.165, 1.54) is 0 Å². The molecule has 1 saturated heterocycles. The minimum absolute atomic E-state index is 0.203. The van der Waals surface area contributed by atoms with E-state index >= 15 is 0 Å². The molecule has 0 amide bonds. The second-order valence-corrected chi connectivity index (χ2v) is 6.28. The third-order valence-electron chi connectivity index (χ3n) is 4.51. The van der Waals surface area contributed by atoms with Gasteiger partial charge < -0.3 is 47.7 Å². The SMILES string of the molecule is NC1CC[C@@H]([C@H](N)CO)O[C@@H]1O[C@H]1[C@H](O)[C@@H](O)[C@H](N)C[C@@H]1N. The number of hydrogen-bond acceptors (Lipinski definition) is 9. The molecule has 1 aliphatic heterocycles. The molecule has 1 saturated carbocycles. The maximum absolute atomic E-state index is 10.1. The highest BCUT2D eigenvalue weighted by molar-refractivity contribution is 4.98. The highest BCUT2D eigenvalue weighted by Crippen LogP contribution is 2.27. The molecule has 2 fully saturated rings. The van der Waals surface area contributed by atoms with Crippen molar-refractivity contribution in [2.24, 2.45) is 22.9 Å². The van der Waals surface area contributed by atoms with E-state index in [1.807, 2.05) is 0 Å². The minimum atomic E-state index is -1.21. The largest absolute Gasteiger partial charge is 0.395 e. The molecule has 2 aliphatic rings. The molecule has 9 nitrogen and oxygen atoms in total. The summed E-state index contributed by atoms with van der Waals surface area (Å²) in [6.45, 7) is -0.203. The molecule has 0 bridgehead atoms. The summed E-state index contributed by atoms with van der Waals surface area (Å²) in [6, 6.07) is -2.05. The molecule has 9 heteroatoms. The van der Waals surface area contributed by atoms with E-state index in [0.717, 1.165) is 0 Å². The van der Waals surface area contributed by atoms with Gasteiger partial charge in [0.1, 0.15) is 12.2 Å². The van der Waals surface area contributed by atoms with Crippen LogP contribution in [0.15, 0.2) is 0 Å². The van der Waals surface area contributed by atoms with Gasteiger partial charge in [0, 0.05) is 12.1 Å². The smallest absolute Gasteiger partial charge is 0.173 e. The normalized spacial score (nSPS) is 48.1. The minimum Gasteiger partial charge on any atom is -0.395 e. The molecule has 2 rings (SSSR count). The average molecular weight is 320 g/mol. The summed E-state index contributed by atoms with van der Waals surface area (Å²) in [7, 11) is 0. The molecular weight excluding hydrogens is 292 g/mol. The lowest BCUT2D eigenvalue weighted by Gasteiger charge is -2.44. The lowest BCUT2D eigenvalue weighted by Crippen LogP contribution is -2.64. The Kier molecular flexibility index (Phi) is 6.11. The molecule has 11 N–H and O–H groups in total. The van der Waals surface area contributed by atoms with Crippen molar-refractivity contribution in [1.82, 2.24) is 0 Å². The first kappa shape index (κ1) is 18.0. The maximum Gasteiger partial charge on any atom is 0.173 e. The number of nitrogens with two attached hydrogens (primary N) is 4. The van der Waals surface area contributed by atoms with Crippen LogP contribution < -0.4 is 22.9 Å². The second kappa shape index (κ2) is 7.47. The van der Waals surface area contributed by atoms with Crippen LogP contribution in [0.4, 0.5) is 0 Å². The van der Waals surface area contributed by atoms with Crippen LogP contribution in [0.25, 0.3) is 0 Å². The summed E-state index contributed by atoms with van der Waals surface area (Å²) in [5.74, 6) is 0. The van der Waals surface area contributed by atoms with Crippen LogP contribution in [0.5, 0.6) is 0 Å². The molecule has 0 aromatic carbocycles. The zero-order valence-electron chi connectivity index (χ0n) is 12.5. The van der Waals surface area contributed by atoms with Gasteiger partial charge in [-0.05, 0) is 19.3 Å². The highest BCUT2D eigenvalue weighted by atomic mass is 16.7. The molecule has 22 heavy (non-hydrogen) atoms. The monoisotopic (exact) mass is 320 g/mol. The fraction of sp³-hybridized carbons (Fsp3) is 1.00. The lowest BCUT2D eigenvalue weighted by molar-refractivity contribution is -0.256. The van der Waals surface area contributed by atoms with Gasteiger partial charge in [-0.1, -0.05) is 0 Å². The topological polar surface area (TPSA) is 183 Å². The summed E-state index contributed by atoms with van der Waals surface area (Å²) in [4.78, 5) is 0. The van der Waals surface area contributed by atoms with Crippen molar-refractivity contribution in [2.75, 3.05) is 6.61 Å². The first-order chi connectivity index (χ1) is 10.3. The maximum atomic E-state index is 10.1. The van der Waals surface area contributed by atoms with Gasteiger partial charge in [-0.25, -0.2) is 0 Å². The number of rotatable bonds is 4. The first-order valence-corrected chi connectivity index (χ1v) is 7.65. The van der Waals surface area contributed by atoms with Crippen LogP contribution in [-0.2, 0) is 9.47 Å². The third kappa shape index (κ3) is 3.75. The van der Waals surface area contributed by atoms with Gasteiger partial charge in [0.2, 0.25) is 0 Å². The molecule has 0 radical (unpaired) electrons. The van der Waals surface area contributed by atoms with Crippen LogP contribution >= 0.6 is 0 Å². The zero-order valence-corrected chi connectivity index (χ0v) is 12.5. The Balaban J connectivity index is 2.01. The van der Waals surface area contributed by atoms with Crippen molar-refractivity contribution in [3.63, 3.8) is 0 Å². The molecular formula is C13H28N4O5. The van der Waals surface area contributed by atoms with E-state index in [1.54, 1.807) is 0 Å². The Bertz CT molecular complexity index is 363. The highest BCUT2D eigenvalue weighted by Gasteiger charge is 2.44. The van der Waals surface area contributed by atoms with Crippen LogP contribution in [0.3, 0.4) is 0 Å². The van der Waals surface area contributed by atoms with Crippen LogP contribution in [0.2, 0.25) is 0 Å². The van der Waals surface area contributed by atoms with Crippen LogP contribution in [0.1, 0.15) is 19.3 Å². The van der Waals surface area contributed by atoms with Crippen molar-refractivity contribution in [3.05, 3.63) is 0 Å². The van der Waals surface area contributed by atoms with Crippen molar-refractivity contribution < 1.29 is 24.8 Å². The molecule has 0 spiro atoms. The number of aliphatic hydroxyl groups is 3. The summed E-state index contributed by atoms with van der Waals surface area (Å²) < 4.78 is 11.4. The molecule has 9 atom stereocenters. The van der Waals surface area contributed by atoms with Crippen molar-refractivity contribution in [1.29, 1.82) is 0 Å². The second-order valence-electron chi connectivity index (χ2n) is 6.28. The van der Waals surface area contributed by atoms with E-state index in [0.29, 0.717) is 19.3 Å². The average Bonchev–Trinajstić information content (AvgIpc) is 2.50. The summed E-state index contributed by atoms with van der Waals surface area (Å²) in [6.07, 6.45) is -2.76. The zero-order chi connectivity index (χ0) is 16.4. The standard InChI is InChI=1S/C13H28N4O5/c14-5-1-2-9(8(17)4-18)21-13(5)22-12-7(16)3-6(15)10(19)11(12)20/h5-13,18-20H,1-4,14-17H2/t5?,6-,7+,8-,9+,10+,11-,12-,13-/m1/s1.